The second-order valence-electron chi connectivity index (χ2n) is 3.67. The Morgan fingerprint density at radius 1 is 1.63 bits per heavy atom. The summed E-state index contributed by atoms with van der Waals surface area (Å²) in [5.74, 6) is 0.0738. The average molecular weight is 298 g/mol. The molecule has 2 aromatic heterocycles. The van der Waals surface area contributed by atoms with Gasteiger partial charge in [0.15, 0.2) is 10.3 Å². The van der Waals surface area contributed by atoms with E-state index in [4.69, 9.17) is 5.73 Å². The zero-order valence-corrected chi connectivity index (χ0v) is 12.2. The minimum atomic E-state index is -0.443. The first kappa shape index (κ1) is 13.8. The number of aromatic nitrogens is 4. The van der Waals surface area contributed by atoms with Crippen LogP contribution in [0, 0.1) is 0 Å². The predicted molar refractivity (Wildman–Crippen MR) is 76.3 cm³/mol. The predicted octanol–water partition coefficient (Wildman–Crippen LogP) is 1.63. The number of rotatable bonds is 5. The fourth-order valence-corrected chi connectivity index (χ4v) is 2.75. The number of thioether (sulfide) groups is 1. The van der Waals surface area contributed by atoms with Crippen molar-refractivity contribution in [2.45, 2.75) is 24.5 Å². The van der Waals surface area contributed by atoms with E-state index in [1.807, 2.05) is 13.2 Å². The Morgan fingerprint density at radius 2 is 2.42 bits per heavy atom. The number of nitrogen functional groups attached to an aromatic ring is 1. The Hall–Kier alpha value is -1.61. The van der Waals surface area contributed by atoms with Gasteiger partial charge in [-0.1, -0.05) is 18.7 Å². The standard InChI is InChI=1S/C10H14N6OS2/c1-3-6(7(17)13-9-12-4-5-19-9)16-8(11)14-15-10(16)18-2/h4-6H,3H2,1-2H3,(H2,11,14)(H,12,13,17). The molecule has 2 rings (SSSR count). The number of nitrogens with zero attached hydrogens (tertiary/aromatic N) is 4. The number of anilines is 2. The minimum absolute atomic E-state index is 0.167. The molecular weight excluding hydrogens is 284 g/mol. The molecule has 102 valence electrons. The molecule has 1 unspecified atom stereocenters. The van der Waals surface area contributed by atoms with Crippen molar-refractivity contribution in [3.05, 3.63) is 11.6 Å². The van der Waals surface area contributed by atoms with Crippen LogP contribution >= 0.6 is 23.1 Å². The number of nitrogens with one attached hydrogen (secondary N) is 1. The van der Waals surface area contributed by atoms with Crippen LogP contribution < -0.4 is 11.1 Å². The van der Waals surface area contributed by atoms with Gasteiger partial charge in [-0.2, -0.15) is 0 Å². The van der Waals surface area contributed by atoms with Crippen LogP contribution in [0.1, 0.15) is 19.4 Å². The lowest BCUT2D eigenvalue weighted by molar-refractivity contribution is -0.119. The van der Waals surface area contributed by atoms with E-state index in [2.05, 4.69) is 20.5 Å². The number of nitrogens with two attached hydrogens (primary N) is 1. The molecule has 0 aliphatic heterocycles. The lowest BCUT2D eigenvalue weighted by Crippen LogP contribution is -2.27. The fourth-order valence-electron chi connectivity index (χ4n) is 1.68. The largest absolute Gasteiger partial charge is 0.368 e. The molecule has 0 radical (unpaired) electrons. The van der Waals surface area contributed by atoms with E-state index in [0.29, 0.717) is 16.7 Å². The van der Waals surface area contributed by atoms with Gasteiger partial charge in [-0.25, -0.2) is 4.98 Å². The highest BCUT2D eigenvalue weighted by Gasteiger charge is 2.24. The number of carbonyl (C=O) groups is 1. The number of hydrogen-bond acceptors (Lipinski definition) is 7. The van der Waals surface area contributed by atoms with Gasteiger partial charge in [0.05, 0.1) is 0 Å². The van der Waals surface area contributed by atoms with Gasteiger partial charge >= 0.3 is 0 Å². The molecule has 0 bridgehead atoms. The van der Waals surface area contributed by atoms with Crippen LogP contribution in [-0.4, -0.2) is 31.9 Å². The molecule has 2 aromatic rings. The second kappa shape index (κ2) is 6.02. The van der Waals surface area contributed by atoms with Crippen LogP contribution in [0.5, 0.6) is 0 Å². The highest BCUT2D eigenvalue weighted by atomic mass is 32.2. The number of thiazole rings is 1. The number of carbonyl (C=O) groups excluding carboxylic acids is 1. The second-order valence-corrected chi connectivity index (χ2v) is 5.33. The molecule has 0 spiro atoms. The van der Waals surface area contributed by atoms with Gasteiger partial charge in [-0.15, -0.1) is 21.5 Å². The summed E-state index contributed by atoms with van der Waals surface area (Å²) in [7, 11) is 0. The third kappa shape index (κ3) is 2.87. The number of amides is 1. The Balaban J connectivity index is 2.24. The Bertz CT molecular complexity index is 552. The van der Waals surface area contributed by atoms with Crippen LogP contribution in [0.3, 0.4) is 0 Å². The van der Waals surface area contributed by atoms with Gasteiger partial charge in [0.2, 0.25) is 11.9 Å². The van der Waals surface area contributed by atoms with E-state index < -0.39 is 6.04 Å². The lowest BCUT2D eigenvalue weighted by atomic mass is 10.2. The van der Waals surface area contributed by atoms with Crippen molar-refractivity contribution in [2.75, 3.05) is 17.3 Å². The molecule has 0 aliphatic rings. The van der Waals surface area contributed by atoms with E-state index in [1.165, 1.54) is 23.1 Å². The van der Waals surface area contributed by atoms with Crippen molar-refractivity contribution in [1.82, 2.24) is 19.7 Å². The summed E-state index contributed by atoms with van der Waals surface area (Å²) in [6.45, 7) is 1.91. The lowest BCUT2D eigenvalue weighted by Gasteiger charge is -2.17. The molecule has 7 nitrogen and oxygen atoms in total. The molecule has 2 heterocycles. The summed E-state index contributed by atoms with van der Waals surface area (Å²) < 4.78 is 1.65. The van der Waals surface area contributed by atoms with Crippen LogP contribution in [0.2, 0.25) is 0 Å². The van der Waals surface area contributed by atoms with Crippen molar-refractivity contribution in [3.63, 3.8) is 0 Å². The molecule has 9 heteroatoms. The van der Waals surface area contributed by atoms with Crippen molar-refractivity contribution >= 4 is 40.1 Å². The smallest absolute Gasteiger partial charge is 0.249 e. The zero-order valence-electron chi connectivity index (χ0n) is 10.5. The van der Waals surface area contributed by atoms with Crippen LogP contribution in [0.15, 0.2) is 16.7 Å². The molecule has 0 fully saturated rings. The summed E-state index contributed by atoms with van der Waals surface area (Å²) in [6, 6.07) is -0.443. The van der Waals surface area contributed by atoms with Gasteiger partial charge < -0.3 is 11.1 Å². The van der Waals surface area contributed by atoms with Crippen LogP contribution in [-0.2, 0) is 4.79 Å². The van der Waals surface area contributed by atoms with Gasteiger partial charge in [0, 0.05) is 11.6 Å². The molecular formula is C10H14N6OS2. The molecule has 0 aromatic carbocycles. The SMILES string of the molecule is CCC(C(=O)Nc1nccs1)n1c(N)nnc1SC. The molecule has 19 heavy (non-hydrogen) atoms. The first-order valence-electron chi connectivity index (χ1n) is 5.62. The van der Waals surface area contributed by atoms with E-state index in [1.54, 1.807) is 16.1 Å². The van der Waals surface area contributed by atoms with Crippen LogP contribution in [0.4, 0.5) is 11.1 Å². The summed E-state index contributed by atoms with van der Waals surface area (Å²) in [5.41, 5.74) is 5.79. The van der Waals surface area contributed by atoms with Crippen molar-refractivity contribution in [1.29, 1.82) is 0 Å². The van der Waals surface area contributed by atoms with Gasteiger partial charge in [-0.05, 0) is 12.7 Å². The van der Waals surface area contributed by atoms with Crippen LogP contribution in [0.25, 0.3) is 0 Å². The minimum Gasteiger partial charge on any atom is -0.368 e. The topological polar surface area (TPSA) is 98.7 Å². The van der Waals surface area contributed by atoms with E-state index in [9.17, 15) is 4.79 Å². The van der Waals surface area contributed by atoms with Gasteiger partial charge in [-0.3, -0.25) is 9.36 Å². The molecule has 0 saturated carbocycles. The number of hydrogen-bond donors (Lipinski definition) is 2. The average Bonchev–Trinajstić information content (AvgIpc) is 3.01. The monoisotopic (exact) mass is 298 g/mol. The summed E-state index contributed by atoms with van der Waals surface area (Å²) >= 11 is 2.77. The zero-order chi connectivity index (χ0) is 13.8. The van der Waals surface area contributed by atoms with Crippen molar-refractivity contribution in [2.24, 2.45) is 0 Å². The van der Waals surface area contributed by atoms with E-state index in [-0.39, 0.29) is 11.9 Å². The highest BCUT2D eigenvalue weighted by Crippen LogP contribution is 2.24. The Morgan fingerprint density at radius 3 is 3.00 bits per heavy atom. The summed E-state index contributed by atoms with van der Waals surface area (Å²) in [4.78, 5) is 16.3. The third-order valence-corrected chi connectivity index (χ3v) is 3.87. The van der Waals surface area contributed by atoms with Gasteiger partial charge in [0.25, 0.3) is 0 Å². The Labute approximate surface area is 118 Å². The van der Waals surface area contributed by atoms with Crippen molar-refractivity contribution < 1.29 is 4.79 Å². The molecule has 3 N–H and O–H groups in total. The maximum absolute atomic E-state index is 12.3. The normalized spacial score (nSPS) is 12.3. The first-order valence-corrected chi connectivity index (χ1v) is 7.72. The maximum atomic E-state index is 12.3. The summed E-state index contributed by atoms with van der Waals surface area (Å²) in [6.07, 6.45) is 4.10. The molecule has 1 atom stereocenters. The molecule has 0 saturated heterocycles. The maximum Gasteiger partial charge on any atom is 0.249 e. The first-order chi connectivity index (χ1) is 9.17. The van der Waals surface area contributed by atoms with Crippen molar-refractivity contribution in [3.8, 4) is 0 Å². The quantitative estimate of drug-likeness (QED) is 0.814. The fraction of sp³-hybridized carbons (Fsp3) is 0.400. The highest BCUT2D eigenvalue weighted by molar-refractivity contribution is 7.98. The molecule has 0 aliphatic carbocycles. The van der Waals surface area contributed by atoms with E-state index >= 15 is 0 Å². The molecule has 1 amide bonds. The summed E-state index contributed by atoms with van der Waals surface area (Å²) in [5, 5.41) is 13.5. The van der Waals surface area contributed by atoms with E-state index in [0.717, 1.165) is 0 Å². The van der Waals surface area contributed by atoms with Gasteiger partial charge in [0.1, 0.15) is 6.04 Å². The third-order valence-electron chi connectivity index (χ3n) is 2.54. The Kier molecular flexibility index (Phi) is 4.38.